The molecule has 0 spiro atoms. The lowest BCUT2D eigenvalue weighted by Crippen LogP contribution is -2.38. The van der Waals surface area contributed by atoms with Crippen LogP contribution < -0.4 is 15.5 Å². The highest BCUT2D eigenvalue weighted by atomic mass is 16.5. The first-order valence-electron chi connectivity index (χ1n) is 8.47. The molecule has 0 aromatic heterocycles. The van der Waals surface area contributed by atoms with Gasteiger partial charge in [0.15, 0.2) is 0 Å². The molecule has 1 fully saturated rings. The predicted octanol–water partition coefficient (Wildman–Crippen LogP) is 2.36. The standard InChI is InChI=1S/C19H21N3O3/c1-2-11-25-17-10-7-13-5-3-4-6-15(13)16(17)12-20-22-19(24)18(23)21-14-8-9-14/h3-7,10,12,14H,2,8-9,11H2,1H3,(H,21,23)(H,22,24)/b20-12-. The molecule has 2 aromatic carbocycles. The molecule has 0 atom stereocenters. The van der Waals surface area contributed by atoms with Crippen LogP contribution >= 0.6 is 0 Å². The number of nitrogens with zero attached hydrogens (tertiary/aromatic N) is 1. The number of carbonyl (C=O) groups excluding carboxylic acids is 2. The fourth-order valence-corrected chi connectivity index (χ4v) is 2.43. The molecule has 0 unspecified atom stereocenters. The molecule has 0 aliphatic heterocycles. The maximum atomic E-state index is 11.7. The van der Waals surface area contributed by atoms with Crippen molar-refractivity contribution in [3.05, 3.63) is 42.0 Å². The van der Waals surface area contributed by atoms with Gasteiger partial charge in [0.1, 0.15) is 5.75 Å². The fraction of sp³-hybridized carbons (Fsp3) is 0.316. The quantitative estimate of drug-likeness (QED) is 0.482. The van der Waals surface area contributed by atoms with Crippen LogP contribution in [0.5, 0.6) is 5.75 Å². The third kappa shape index (κ3) is 4.35. The molecule has 25 heavy (non-hydrogen) atoms. The highest BCUT2D eigenvalue weighted by Gasteiger charge is 2.26. The van der Waals surface area contributed by atoms with E-state index < -0.39 is 11.8 Å². The van der Waals surface area contributed by atoms with Gasteiger partial charge in [-0.25, -0.2) is 5.43 Å². The molecule has 0 saturated heterocycles. The van der Waals surface area contributed by atoms with Crippen molar-refractivity contribution in [2.24, 2.45) is 5.10 Å². The minimum Gasteiger partial charge on any atom is -0.493 e. The summed E-state index contributed by atoms with van der Waals surface area (Å²) in [5, 5.41) is 8.58. The molecule has 2 amide bonds. The second-order valence-electron chi connectivity index (χ2n) is 5.99. The van der Waals surface area contributed by atoms with Crippen LogP contribution in [0.1, 0.15) is 31.7 Å². The Hall–Kier alpha value is -2.89. The first-order valence-corrected chi connectivity index (χ1v) is 8.47. The second kappa shape index (κ2) is 7.79. The lowest BCUT2D eigenvalue weighted by Gasteiger charge is -2.11. The minimum atomic E-state index is -0.764. The van der Waals surface area contributed by atoms with Crippen molar-refractivity contribution < 1.29 is 14.3 Å². The molecular formula is C19H21N3O3. The van der Waals surface area contributed by atoms with Crippen molar-refractivity contribution >= 4 is 28.8 Å². The summed E-state index contributed by atoms with van der Waals surface area (Å²) in [5.74, 6) is -0.722. The van der Waals surface area contributed by atoms with Crippen LogP contribution in [0.3, 0.4) is 0 Å². The van der Waals surface area contributed by atoms with Gasteiger partial charge < -0.3 is 10.1 Å². The Morgan fingerprint density at radius 2 is 2.00 bits per heavy atom. The number of carbonyl (C=O) groups is 2. The van der Waals surface area contributed by atoms with Crippen LogP contribution in [0.4, 0.5) is 0 Å². The molecule has 1 saturated carbocycles. The molecule has 0 bridgehead atoms. The number of hydrazone groups is 1. The molecule has 6 nitrogen and oxygen atoms in total. The molecule has 1 aliphatic carbocycles. The zero-order valence-electron chi connectivity index (χ0n) is 14.1. The Bertz CT molecular complexity index is 813. The Morgan fingerprint density at radius 1 is 1.20 bits per heavy atom. The minimum absolute atomic E-state index is 0.134. The van der Waals surface area contributed by atoms with Crippen LogP contribution in [0, 0.1) is 0 Å². The van der Waals surface area contributed by atoms with Gasteiger partial charge in [0.2, 0.25) is 0 Å². The van der Waals surface area contributed by atoms with Crippen LogP contribution in [-0.4, -0.2) is 30.7 Å². The van der Waals surface area contributed by atoms with E-state index in [4.69, 9.17) is 4.74 Å². The number of rotatable bonds is 6. The summed E-state index contributed by atoms with van der Waals surface area (Å²) in [6.45, 7) is 2.63. The largest absolute Gasteiger partial charge is 0.493 e. The van der Waals surface area contributed by atoms with Crippen molar-refractivity contribution in [3.8, 4) is 5.75 Å². The number of benzene rings is 2. The van der Waals surface area contributed by atoms with E-state index in [1.54, 1.807) is 0 Å². The first kappa shape index (κ1) is 17.0. The van der Waals surface area contributed by atoms with Gasteiger partial charge in [-0.15, -0.1) is 0 Å². The first-order chi connectivity index (χ1) is 12.2. The van der Waals surface area contributed by atoms with Crippen LogP contribution in [0.15, 0.2) is 41.5 Å². The summed E-state index contributed by atoms with van der Waals surface area (Å²) < 4.78 is 5.78. The smallest absolute Gasteiger partial charge is 0.329 e. The number of hydrogen-bond acceptors (Lipinski definition) is 4. The van der Waals surface area contributed by atoms with Gasteiger partial charge >= 0.3 is 11.8 Å². The van der Waals surface area contributed by atoms with E-state index in [1.807, 2.05) is 43.3 Å². The van der Waals surface area contributed by atoms with Gasteiger partial charge in [0.25, 0.3) is 0 Å². The van der Waals surface area contributed by atoms with Gasteiger partial charge in [0.05, 0.1) is 12.8 Å². The number of hydrogen-bond donors (Lipinski definition) is 2. The van der Waals surface area contributed by atoms with Crippen LogP contribution in [0.25, 0.3) is 10.8 Å². The van der Waals surface area contributed by atoms with E-state index in [0.717, 1.165) is 35.6 Å². The molecular weight excluding hydrogens is 318 g/mol. The summed E-state index contributed by atoms with van der Waals surface area (Å²) >= 11 is 0. The molecule has 0 radical (unpaired) electrons. The van der Waals surface area contributed by atoms with Crippen molar-refractivity contribution in [1.29, 1.82) is 0 Å². The average Bonchev–Trinajstić information content (AvgIpc) is 3.44. The summed E-state index contributed by atoms with van der Waals surface area (Å²) in [6, 6.07) is 11.9. The van der Waals surface area contributed by atoms with Crippen molar-refractivity contribution in [3.63, 3.8) is 0 Å². The van der Waals surface area contributed by atoms with E-state index in [-0.39, 0.29) is 6.04 Å². The van der Waals surface area contributed by atoms with E-state index in [0.29, 0.717) is 12.4 Å². The summed E-state index contributed by atoms with van der Waals surface area (Å²) in [5.41, 5.74) is 3.05. The SMILES string of the molecule is CCCOc1ccc2ccccc2c1/C=N\NC(=O)C(=O)NC1CC1. The van der Waals surface area contributed by atoms with Crippen LogP contribution in [0.2, 0.25) is 0 Å². The van der Waals surface area contributed by atoms with E-state index in [9.17, 15) is 9.59 Å². The van der Waals surface area contributed by atoms with E-state index in [2.05, 4.69) is 15.8 Å². The zero-order valence-corrected chi connectivity index (χ0v) is 14.1. The summed E-state index contributed by atoms with van der Waals surface area (Å²) in [6.07, 6.45) is 4.27. The molecule has 2 aromatic rings. The number of nitrogens with one attached hydrogen (secondary N) is 2. The Labute approximate surface area is 146 Å². The molecule has 1 aliphatic rings. The molecule has 6 heteroatoms. The Balaban J connectivity index is 1.77. The maximum Gasteiger partial charge on any atom is 0.329 e. The highest BCUT2D eigenvalue weighted by Crippen LogP contribution is 2.26. The van der Waals surface area contributed by atoms with Gasteiger partial charge in [-0.1, -0.05) is 37.3 Å². The molecule has 0 heterocycles. The molecule has 2 N–H and O–H groups in total. The van der Waals surface area contributed by atoms with Crippen LogP contribution in [-0.2, 0) is 9.59 Å². The summed E-state index contributed by atoms with van der Waals surface area (Å²) in [7, 11) is 0. The highest BCUT2D eigenvalue weighted by molar-refractivity contribution is 6.35. The lowest BCUT2D eigenvalue weighted by molar-refractivity contribution is -0.139. The third-order valence-corrected chi connectivity index (χ3v) is 3.87. The Morgan fingerprint density at radius 3 is 2.76 bits per heavy atom. The van der Waals surface area contributed by atoms with Gasteiger partial charge in [0, 0.05) is 11.6 Å². The third-order valence-electron chi connectivity index (χ3n) is 3.87. The van der Waals surface area contributed by atoms with Gasteiger partial charge in [-0.05, 0) is 36.1 Å². The second-order valence-corrected chi connectivity index (χ2v) is 5.99. The topological polar surface area (TPSA) is 79.8 Å². The zero-order chi connectivity index (χ0) is 17.6. The van der Waals surface area contributed by atoms with E-state index >= 15 is 0 Å². The predicted molar refractivity (Wildman–Crippen MR) is 96.6 cm³/mol. The monoisotopic (exact) mass is 339 g/mol. The number of ether oxygens (including phenoxy) is 1. The fourth-order valence-electron chi connectivity index (χ4n) is 2.43. The van der Waals surface area contributed by atoms with Gasteiger partial charge in [-0.3, -0.25) is 9.59 Å². The number of fused-ring (bicyclic) bond motifs is 1. The van der Waals surface area contributed by atoms with Crippen molar-refractivity contribution in [2.45, 2.75) is 32.2 Å². The normalized spacial score (nSPS) is 13.8. The van der Waals surface area contributed by atoms with Crippen molar-refractivity contribution in [1.82, 2.24) is 10.7 Å². The summed E-state index contributed by atoms with van der Waals surface area (Å²) in [4.78, 5) is 23.4. The average molecular weight is 339 g/mol. The van der Waals surface area contributed by atoms with Crippen molar-refractivity contribution in [2.75, 3.05) is 6.61 Å². The maximum absolute atomic E-state index is 11.7. The Kier molecular flexibility index (Phi) is 5.28. The number of amides is 2. The molecule has 3 rings (SSSR count). The van der Waals surface area contributed by atoms with E-state index in [1.165, 1.54) is 6.21 Å². The molecule has 130 valence electrons. The van der Waals surface area contributed by atoms with Gasteiger partial charge in [-0.2, -0.15) is 5.10 Å². The lowest BCUT2D eigenvalue weighted by atomic mass is 10.0.